The van der Waals surface area contributed by atoms with Crippen molar-refractivity contribution in [2.45, 2.75) is 12.0 Å². The van der Waals surface area contributed by atoms with Crippen molar-refractivity contribution in [1.29, 1.82) is 0 Å². The van der Waals surface area contributed by atoms with Gasteiger partial charge in [0.05, 0.1) is 13.0 Å². The first-order valence-electron chi connectivity index (χ1n) is 9.61. The van der Waals surface area contributed by atoms with Crippen LogP contribution in [0.3, 0.4) is 0 Å². The van der Waals surface area contributed by atoms with E-state index in [9.17, 15) is 30.3 Å². The molecule has 0 unspecified atom stereocenters. The van der Waals surface area contributed by atoms with Crippen LogP contribution in [0.2, 0.25) is 0 Å². The van der Waals surface area contributed by atoms with Crippen LogP contribution < -0.4 is 4.74 Å². The smallest absolute Gasteiger partial charge is 0.335 e. The molecule has 0 amide bonds. The second-order valence-corrected chi connectivity index (χ2v) is 7.37. The summed E-state index contributed by atoms with van der Waals surface area (Å²) in [5.74, 6) is -2.33. The van der Waals surface area contributed by atoms with E-state index in [2.05, 4.69) is 0 Å². The van der Waals surface area contributed by atoms with Crippen molar-refractivity contribution in [1.82, 2.24) is 0 Å². The molecule has 0 radical (unpaired) electrons. The number of hydrogen-bond acceptors (Lipinski definition) is 8. The van der Waals surface area contributed by atoms with Gasteiger partial charge in [-0.3, -0.25) is 0 Å². The third-order valence-electron chi connectivity index (χ3n) is 5.25. The predicted octanol–water partition coefficient (Wildman–Crippen LogP) is 3.69. The summed E-state index contributed by atoms with van der Waals surface area (Å²) in [5.41, 5.74) is 1.59. The van der Waals surface area contributed by atoms with Crippen LogP contribution in [0.5, 0.6) is 34.5 Å². The molecule has 3 aromatic rings. The Morgan fingerprint density at radius 1 is 0.812 bits per heavy atom. The minimum atomic E-state index is -0.902. The largest absolute Gasteiger partial charge is 0.508 e. The molecule has 1 aliphatic heterocycles. The number of carbonyl (C=O) groups is 1. The lowest BCUT2D eigenvalue weighted by atomic mass is 9.84. The molecule has 4 rings (SSSR count). The molecule has 164 valence electrons. The number of cyclic esters (lactones) is 1. The van der Waals surface area contributed by atoms with Crippen LogP contribution in [0.15, 0.2) is 60.2 Å². The highest BCUT2D eigenvalue weighted by atomic mass is 16.6. The second kappa shape index (κ2) is 8.07. The zero-order valence-electron chi connectivity index (χ0n) is 16.9. The van der Waals surface area contributed by atoms with Gasteiger partial charge < -0.3 is 35.0 Å². The number of hydrogen-bond donors (Lipinski definition) is 5. The molecule has 8 heteroatoms. The maximum atomic E-state index is 12.9. The lowest BCUT2D eigenvalue weighted by Gasteiger charge is -2.20. The van der Waals surface area contributed by atoms with Gasteiger partial charge in [0.15, 0.2) is 23.0 Å². The molecular weight excluding hydrogens is 416 g/mol. The summed E-state index contributed by atoms with van der Waals surface area (Å²) in [7, 11) is 1.40. The van der Waals surface area contributed by atoms with Gasteiger partial charge in [-0.25, -0.2) is 4.79 Å². The van der Waals surface area contributed by atoms with Gasteiger partial charge in [-0.2, -0.15) is 0 Å². The number of carbonyl (C=O) groups excluding carboxylic acids is 1. The van der Waals surface area contributed by atoms with E-state index in [4.69, 9.17) is 9.47 Å². The molecule has 8 nitrogen and oxygen atoms in total. The number of phenolic OH excluding ortho intramolecular Hbond substituents is 5. The monoisotopic (exact) mass is 436 g/mol. The van der Waals surface area contributed by atoms with Crippen molar-refractivity contribution in [3.8, 4) is 34.5 Å². The quantitative estimate of drug-likeness (QED) is 0.237. The number of aromatic hydroxyl groups is 5. The SMILES string of the molecule is COc1cc(C=C2C(=O)O[C@@H](c3ccc(O)c(O)c3)[C@@H]2c2cc(O)cc(O)c2)ccc1O. The molecule has 1 saturated heterocycles. The van der Waals surface area contributed by atoms with Gasteiger partial charge in [0.1, 0.15) is 17.6 Å². The van der Waals surface area contributed by atoms with Crippen molar-refractivity contribution in [3.63, 3.8) is 0 Å². The lowest BCUT2D eigenvalue weighted by molar-refractivity contribution is -0.139. The van der Waals surface area contributed by atoms with Crippen molar-refractivity contribution in [2.24, 2.45) is 0 Å². The lowest BCUT2D eigenvalue weighted by Crippen LogP contribution is -2.07. The Labute approximate surface area is 182 Å². The van der Waals surface area contributed by atoms with Gasteiger partial charge in [-0.05, 0) is 59.2 Å². The maximum Gasteiger partial charge on any atom is 0.335 e. The van der Waals surface area contributed by atoms with E-state index >= 15 is 0 Å². The topological polar surface area (TPSA) is 137 Å². The van der Waals surface area contributed by atoms with Crippen molar-refractivity contribution >= 4 is 12.0 Å². The Morgan fingerprint density at radius 3 is 2.16 bits per heavy atom. The molecule has 3 aromatic carbocycles. The Bertz CT molecular complexity index is 1210. The van der Waals surface area contributed by atoms with Crippen LogP contribution in [0.1, 0.15) is 28.7 Å². The molecule has 0 saturated carbocycles. The normalized spacial score (nSPS) is 19.2. The first-order valence-corrected chi connectivity index (χ1v) is 9.61. The van der Waals surface area contributed by atoms with E-state index in [1.807, 2.05) is 0 Å². The third-order valence-corrected chi connectivity index (χ3v) is 5.25. The molecule has 0 bridgehead atoms. The van der Waals surface area contributed by atoms with Crippen molar-refractivity contribution in [2.75, 3.05) is 7.11 Å². The standard InChI is InChI=1S/C24H20O8/c1-31-21-7-12(2-4-19(21)28)6-17-22(14-8-15(25)11-16(26)9-14)23(32-24(17)30)13-3-5-18(27)20(29)10-13/h2-11,22-23,25-29H,1H3/t22-,23+/m1/s1. The fraction of sp³-hybridized carbons (Fsp3) is 0.125. The summed E-state index contributed by atoms with van der Waals surface area (Å²) in [5, 5.41) is 49.4. The van der Waals surface area contributed by atoms with Crippen molar-refractivity contribution in [3.05, 3.63) is 76.9 Å². The van der Waals surface area contributed by atoms with E-state index in [0.29, 0.717) is 16.7 Å². The van der Waals surface area contributed by atoms with E-state index in [-0.39, 0.29) is 40.1 Å². The third kappa shape index (κ3) is 3.85. The Hall–Kier alpha value is -4.33. The molecule has 1 aliphatic rings. The number of phenols is 5. The summed E-state index contributed by atoms with van der Waals surface area (Å²) in [4.78, 5) is 12.9. The van der Waals surface area contributed by atoms with E-state index in [1.165, 1.54) is 43.5 Å². The van der Waals surface area contributed by atoms with Crippen LogP contribution in [0.25, 0.3) is 6.08 Å². The van der Waals surface area contributed by atoms with Crippen LogP contribution in [0.4, 0.5) is 0 Å². The van der Waals surface area contributed by atoms with Crippen molar-refractivity contribution < 1.29 is 39.8 Å². The molecule has 5 N–H and O–H groups in total. The molecule has 2 atom stereocenters. The molecule has 1 heterocycles. The number of ether oxygens (including phenoxy) is 2. The molecule has 32 heavy (non-hydrogen) atoms. The fourth-order valence-electron chi connectivity index (χ4n) is 3.78. The van der Waals surface area contributed by atoms with E-state index < -0.39 is 18.0 Å². The van der Waals surface area contributed by atoms with Crippen LogP contribution in [-0.2, 0) is 9.53 Å². The summed E-state index contributed by atoms with van der Waals surface area (Å²) in [6.07, 6.45) is 0.663. The molecular formula is C24H20O8. The second-order valence-electron chi connectivity index (χ2n) is 7.37. The number of rotatable bonds is 4. The first kappa shape index (κ1) is 20.9. The maximum absolute atomic E-state index is 12.9. The highest BCUT2D eigenvalue weighted by Gasteiger charge is 2.42. The molecule has 0 spiro atoms. The Kier molecular flexibility index (Phi) is 5.28. The minimum absolute atomic E-state index is 0.0597. The molecule has 0 aliphatic carbocycles. The van der Waals surface area contributed by atoms with Gasteiger partial charge in [0.2, 0.25) is 0 Å². The van der Waals surface area contributed by atoms with Gasteiger partial charge in [0.25, 0.3) is 0 Å². The highest BCUT2D eigenvalue weighted by Crippen LogP contribution is 2.49. The van der Waals surface area contributed by atoms with Crippen LogP contribution in [0, 0.1) is 0 Å². The predicted molar refractivity (Wildman–Crippen MR) is 114 cm³/mol. The summed E-state index contributed by atoms with van der Waals surface area (Å²) in [6.45, 7) is 0. The highest BCUT2D eigenvalue weighted by molar-refractivity contribution is 5.98. The van der Waals surface area contributed by atoms with Crippen LogP contribution >= 0.6 is 0 Å². The number of esters is 1. The van der Waals surface area contributed by atoms with E-state index in [0.717, 1.165) is 6.07 Å². The van der Waals surface area contributed by atoms with Gasteiger partial charge in [0, 0.05) is 11.6 Å². The zero-order valence-corrected chi connectivity index (χ0v) is 16.9. The summed E-state index contributed by atoms with van der Waals surface area (Å²) >= 11 is 0. The number of methoxy groups -OCH3 is 1. The van der Waals surface area contributed by atoms with Crippen LogP contribution in [-0.4, -0.2) is 38.6 Å². The Morgan fingerprint density at radius 2 is 1.50 bits per heavy atom. The first-order chi connectivity index (χ1) is 15.3. The fourth-order valence-corrected chi connectivity index (χ4v) is 3.78. The average molecular weight is 436 g/mol. The number of benzene rings is 3. The molecule has 1 fully saturated rings. The van der Waals surface area contributed by atoms with Gasteiger partial charge in [-0.1, -0.05) is 12.1 Å². The summed E-state index contributed by atoms with van der Waals surface area (Å²) in [6, 6.07) is 12.6. The van der Waals surface area contributed by atoms with Gasteiger partial charge in [-0.15, -0.1) is 0 Å². The summed E-state index contributed by atoms with van der Waals surface area (Å²) < 4.78 is 10.7. The minimum Gasteiger partial charge on any atom is -0.508 e. The van der Waals surface area contributed by atoms with E-state index in [1.54, 1.807) is 18.2 Å². The zero-order chi connectivity index (χ0) is 23.0. The average Bonchev–Trinajstić information content (AvgIpc) is 3.06. The molecule has 0 aromatic heterocycles. The Balaban J connectivity index is 1.87. The van der Waals surface area contributed by atoms with Gasteiger partial charge >= 0.3 is 5.97 Å².